The Morgan fingerprint density at radius 1 is 1.19 bits per heavy atom. The van der Waals surface area contributed by atoms with E-state index in [1.807, 2.05) is 0 Å². The number of hydrogen-bond acceptors (Lipinski definition) is 5. The molecule has 2 aromatic rings. The van der Waals surface area contributed by atoms with Crippen molar-refractivity contribution in [3.63, 3.8) is 0 Å². The van der Waals surface area contributed by atoms with Crippen LogP contribution in [0.15, 0.2) is 47.4 Å². The van der Waals surface area contributed by atoms with Gasteiger partial charge in [0.1, 0.15) is 11.4 Å². The Bertz CT molecular complexity index is 1150. The van der Waals surface area contributed by atoms with Gasteiger partial charge < -0.3 is 10.8 Å². The Balaban J connectivity index is 2.11. The van der Waals surface area contributed by atoms with E-state index in [0.29, 0.717) is 6.42 Å². The number of halogens is 3. The Hall–Kier alpha value is -2.04. The van der Waals surface area contributed by atoms with E-state index in [-0.39, 0.29) is 33.5 Å². The first-order valence-electron chi connectivity index (χ1n) is 9.61. The number of aliphatic carboxylic acids is 1. The number of carboxylic acids is 1. The van der Waals surface area contributed by atoms with Crippen molar-refractivity contribution in [3.05, 3.63) is 63.9 Å². The van der Waals surface area contributed by atoms with Crippen LogP contribution in [0.25, 0.3) is 0 Å². The number of benzene rings is 2. The normalized spacial score (nSPS) is 21.3. The molecule has 1 fully saturated rings. The van der Waals surface area contributed by atoms with E-state index in [1.165, 1.54) is 37.3 Å². The zero-order valence-corrected chi connectivity index (χ0v) is 19.3. The number of ketones is 1. The molecule has 0 unspecified atom stereocenters. The predicted octanol–water partition coefficient (Wildman–Crippen LogP) is 3.57. The van der Waals surface area contributed by atoms with Gasteiger partial charge >= 0.3 is 5.97 Å². The fraction of sp³-hybridized carbons (Fsp3) is 0.333. The van der Waals surface area contributed by atoms with Crippen LogP contribution in [-0.2, 0) is 25.2 Å². The van der Waals surface area contributed by atoms with Crippen molar-refractivity contribution in [2.45, 2.75) is 42.2 Å². The highest BCUT2D eigenvalue weighted by molar-refractivity contribution is 7.89. The zero-order chi connectivity index (χ0) is 23.9. The largest absolute Gasteiger partial charge is 0.481 e. The zero-order valence-electron chi connectivity index (χ0n) is 17.0. The minimum atomic E-state index is -4.23. The second-order valence-corrected chi connectivity index (χ2v) is 10.7. The van der Waals surface area contributed by atoms with Crippen molar-refractivity contribution in [1.29, 1.82) is 0 Å². The number of sulfonamides is 1. The van der Waals surface area contributed by atoms with E-state index in [0.717, 1.165) is 16.4 Å². The van der Waals surface area contributed by atoms with Gasteiger partial charge in [0.25, 0.3) is 0 Å². The average Bonchev–Trinajstić information content (AvgIpc) is 3.10. The van der Waals surface area contributed by atoms with Gasteiger partial charge in [-0.1, -0.05) is 35.3 Å². The van der Waals surface area contributed by atoms with Crippen molar-refractivity contribution in [1.82, 2.24) is 4.31 Å². The lowest BCUT2D eigenvalue weighted by Crippen LogP contribution is -2.61. The third kappa shape index (κ3) is 4.40. The molecule has 1 aliphatic rings. The number of carbonyl (C=O) groups is 2. The summed E-state index contributed by atoms with van der Waals surface area (Å²) >= 11 is 11.9. The summed E-state index contributed by atoms with van der Waals surface area (Å²) in [6.07, 6.45) is -0.328. The molecular weight excluding hydrogens is 482 g/mol. The van der Waals surface area contributed by atoms with Crippen molar-refractivity contribution >= 4 is 45.0 Å². The average molecular weight is 503 g/mol. The smallest absolute Gasteiger partial charge is 0.306 e. The van der Waals surface area contributed by atoms with Gasteiger partial charge in [-0.25, -0.2) is 12.8 Å². The highest BCUT2D eigenvalue weighted by Gasteiger charge is 2.56. The molecule has 0 aromatic heterocycles. The number of carboxylic acid groups (broad SMARTS) is 1. The van der Waals surface area contributed by atoms with Crippen molar-refractivity contribution in [3.8, 4) is 0 Å². The lowest BCUT2D eigenvalue weighted by atomic mass is 9.75. The monoisotopic (exact) mass is 502 g/mol. The third-order valence-corrected chi connectivity index (χ3v) is 8.12. The standard InChI is InChI=1S/C21H21Cl2FN2O5S/c1-20(19(29)21(25,12-18(27)28)13-3-5-16(24)6-4-13)7-2-8-26(20)32(30,31)17-10-14(22)9-15(23)11-17/h3-6,9-11H,2,7-8,12,25H2,1H3,(H,27,28)/t20-,21+/m0/s1. The molecule has 1 saturated heterocycles. The quantitative estimate of drug-likeness (QED) is 0.597. The lowest BCUT2D eigenvalue weighted by molar-refractivity contribution is -0.144. The third-order valence-electron chi connectivity index (χ3n) is 5.68. The van der Waals surface area contributed by atoms with Gasteiger partial charge in [-0.15, -0.1) is 0 Å². The van der Waals surface area contributed by atoms with Crippen LogP contribution in [0.5, 0.6) is 0 Å². The summed E-state index contributed by atoms with van der Waals surface area (Å²) in [6, 6.07) is 8.39. The number of nitrogens with two attached hydrogens (primary N) is 1. The van der Waals surface area contributed by atoms with E-state index in [1.54, 1.807) is 0 Å². The first-order valence-corrected chi connectivity index (χ1v) is 11.8. The van der Waals surface area contributed by atoms with Gasteiger partial charge in [-0.05, 0) is 55.7 Å². The molecule has 0 amide bonds. The molecule has 172 valence electrons. The Morgan fingerprint density at radius 2 is 1.75 bits per heavy atom. The van der Waals surface area contributed by atoms with Crippen LogP contribution in [0.3, 0.4) is 0 Å². The summed E-state index contributed by atoms with van der Waals surface area (Å²) < 4.78 is 41.3. The molecule has 0 spiro atoms. The SMILES string of the molecule is C[C@@]1(C(=O)[C@@](N)(CC(=O)O)c2ccc(F)cc2)CCCN1S(=O)(=O)c1cc(Cl)cc(Cl)c1. The minimum absolute atomic E-state index is 0.0152. The van der Waals surface area contributed by atoms with E-state index < -0.39 is 45.1 Å². The summed E-state index contributed by atoms with van der Waals surface area (Å²) in [5.74, 6) is -2.75. The summed E-state index contributed by atoms with van der Waals surface area (Å²) in [6.45, 7) is 1.43. The van der Waals surface area contributed by atoms with Gasteiger partial charge in [0, 0.05) is 16.6 Å². The van der Waals surface area contributed by atoms with Gasteiger partial charge in [-0.2, -0.15) is 4.31 Å². The van der Waals surface area contributed by atoms with Gasteiger partial charge in [0.2, 0.25) is 10.0 Å². The molecule has 2 aromatic carbocycles. The molecule has 0 bridgehead atoms. The Morgan fingerprint density at radius 3 is 2.28 bits per heavy atom. The topological polar surface area (TPSA) is 118 Å². The van der Waals surface area contributed by atoms with Crippen LogP contribution in [0.4, 0.5) is 4.39 Å². The van der Waals surface area contributed by atoms with Gasteiger partial charge in [0.15, 0.2) is 5.78 Å². The maximum Gasteiger partial charge on any atom is 0.306 e. The molecular formula is C21H21Cl2FN2O5S. The number of nitrogens with zero attached hydrogens (tertiary/aromatic N) is 1. The minimum Gasteiger partial charge on any atom is -0.481 e. The summed E-state index contributed by atoms with van der Waals surface area (Å²) in [4.78, 5) is 25.2. The van der Waals surface area contributed by atoms with Crippen molar-refractivity contribution in [2.24, 2.45) is 5.73 Å². The molecule has 0 aliphatic carbocycles. The van der Waals surface area contributed by atoms with E-state index in [4.69, 9.17) is 28.9 Å². The maximum absolute atomic E-state index is 13.8. The highest BCUT2D eigenvalue weighted by Crippen LogP contribution is 2.41. The van der Waals surface area contributed by atoms with E-state index in [9.17, 15) is 27.5 Å². The number of hydrogen-bond donors (Lipinski definition) is 2. The van der Waals surface area contributed by atoms with Crippen LogP contribution < -0.4 is 5.73 Å². The van der Waals surface area contributed by atoms with Crippen LogP contribution in [-0.4, -0.2) is 41.7 Å². The van der Waals surface area contributed by atoms with Crippen LogP contribution >= 0.6 is 23.2 Å². The molecule has 11 heteroatoms. The summed E-state index contributed by atoms with van der Waals surface area (Å²) in [7, 11) is -4.23. The molecule has 3 rings (SSSR count). The van der Waals surface area contributed by atoms with Crippen LogP contribution in [0, 0.1) is 5.82 Å². The molecule has 0 saturated carbocycles. The molecule has 3 N–H and O–H groups in total. The second kappa shape index (κ2) is 8.72. The Labute approximate surface area is 195 Å². The Kier molecular flexibility index (Phi) is 6.70. The first-order chi connectivity index (χ1) is 14.8. The fourth-order valence-corrected chi connectivity index (χ4v) is 6.67. The number of rotatable bonds is 7. The maximum atomic E-state index is 13.8. The van der Waals surface area contributed by atoms with Crippen LogP contribution in [0.1, 0.15) is 31.7 Å². The first kappa shape index (κ1) is 24.6. The number of Topliss-reactive ketones (excluding diaryl/α,β-unsaturated/α-hetero) is 1. The molecule has 1 aliphatic heterocycles. The van der Waals surface area contributed by atoms with Crippen molar-refractivity contribution in [2.75, 3.05) is 6.54 Å². The molecule has 32 heavy (non-hydrogen) atoms. The lowest BCUT2D eigenvalue weighted by Gasteiger charge is -2.39. The van der Waals surface area contributed by atoms with E-state index in [2.05, 4.69) is 0 Å². The second-order valence-electron chi connectivity index (χ2n) is 7.94. The molecule has 7 nitrogen and oxygen atoms in total. The van der Waals surface area contributed by atoms with Gasteiger partial charge in [-0.3, -0.25) is 9.59 Å². The van der Waals surface area contributed by atoms with E-state index >= 15 is 0 Å². The molecule has 2 atom stereocenters. The molecule has 1 heterocycles. The number of carbonyl (C=O) groups excluding carboxylic acids is 1. The highest BCUT2D eigenvalue weighted by atomic mass is 35.5. The molecule has 0 radical (unpaired) electrons. The fourth-order valence-electron chi connectivity index (χ4n) is 4.14. The van der Waals surface area contributed by atoms with Gasteiger partial charge in [0.05, 0.1) is 16.9 Å². The van der Waals surface area contributed by atoms with Crippen molar-refractivity contribution < 1.29 is 27.5 Å². The summed E-state index contributed by atoms with van der Waals surface area (Å²) in [5, 5.41) is 9.65. The van der Waals surface area contributed by atoms with Crippen LogP contribution in [0.2, 0.25) is 10.0 Å². The predicted molar refractivity (Wildman–Crippen MR) is 118 cm³/mol. The summed E-state index contributed by atoms with van der Waals surface area (Å²) in [5.41, 5.74) is 2.70.